The predicted octanol–water partition coefficient (Wildman–Crippen LogP) is 1.94. The number of pyridine rings is 1. The molecule has 8 nitrogen and oxygen atoms in total. The van der Waals surface area contributed by atoms with E-state index < -0.39 is 26.6 Å². The highest BCUT2D eigenvalue weighted by atomic mass is 32.2. The molecule has 3 rings (SSSR count). The number of hydrogen-bond donors (Lipinski definition) is 1. The molecule has 0 fully saturated rings. The summed E-state index contributed by atoms with van der Waals surface area (Å²) in [6, 6.07) is 8.79. The highest BCUT2D eigenvalue weighted by molar-refractivity contribution is 7.90. The molecule has 0 aliphatic heterocycles. The summed E-state index contributed by atoms with van der Waals surface area (Å²) in [4.78, 5) is 15.7. The van der Waals surface area contributed by atoms with E-state index in [-0.39, 0.29) is 17.4 Å². The molecule has 0 unspecified atom stereocenters. The summed E-state index contributed by atoms with van der Waals surface area (Å²) in [6.07, 6.45) is 3.82. The molecule has 3 aromatic rings. The van der Waals surface area contributed by atoms with Gasteiger partial charge in [-0.3, -0.25) is 9.78 Å². The van der Waals surface area contributed by atoms with Gasteiger partial charge in [0.2, 0.25) is 15.7 Å². The fourth-order valence-electron chi connectivity index (χ4n) is 2.39. The monoisotopic (exact) mass is 404 g/mol. The van der Waals surface area contributed by atoms with Gasteiger partial charge in [-0.2, -0.15) is 0 Å². The quantitative estimate of drug-likeness (QED) is 0.571. The van der Waals surface area contributed by atoms with Crippen molar-refractivity contribution in [3.8, 4) is 0 Å². The zero-order chi connectivity index (χ0) is 20.0. The van der Waals surface area contributed by atoms with Gasteiger partial charge in [0.25, 0.3) is 5.91 Å². The molecule has 0 aliphatic carbocycles. The summed E-state index contributed by atoms with van der Waals surface area (Å²) in [6.45, 7) is 0.348. The number of rotatable bonds is 8. The Bertz CT molecular complexity index is 1050. The van der Waals surface area contributed by atoms with E-state index in [2.05, 4.69) is 20.5 Å². The number of aryl methyl sites for hydroxylation is 1. The van der Waals surface area contributed by atoms with Crippen molar-refractivity contribution in [3.05, 3.63) is 71.6 Å². The Kier molecular flexibility index (Phi) is 6.09. The Morgan fingerprint density at radius 3 is 2.61 bits per heavy atom. The van der Waals surface area contributed by atoms with Crippen LogP contribution in [0.5, 0.6) is 0 Å². The van der Waals surface area contributed by atoms with Crippen LogP contribution in [0.2, 0.25) is 0 Å². The van der Waals surface area contributed by atoms with E-state index in [0.717, 1.165) is 0 Å². The van der Waals surface area contributed by atoms with Crippen LogP contribution in [0, 0.1) is 5.82 Å². The number of halogens is 1. The second-order valence-corrected chi connectivity index (χ2v) is 7.77. The minimum absolute atomic E-state index is 0.0288. The molecule has 0 spiro atoms. The molecular formula is C18H17FN4O4S. The Labute approximate surface area is 160 Å². The van der Waals surface area contributed by atoms with Crippen LogP contribution in [0.3, 0.4) is 0 Å². The van der Waals surface area contributed by atoms with E-state index in [9.17, 15) is 17.6 Å². The predicted molar refractivity (Wildman–Crippen MR) is 96.5 cm³/mol. The molecule has 1 aromatic carbocycles. The zero-order valence-corrected chi connectivity index (χ0v) is 15.5. The minimum Gasteiger partial charge on any atom is -0.413 e. The average Bonchev–Trinajstić information content (AvgIpc) is 3.17. The van der Waals surface area contributed by atoms with Crippen LogP contribution in [0.25, 0.3) is 0 Å². The summed E-state index contributed by atoms with van der Waals surface area (Å²) >= 11 is 0. The lowest BCUT2D eigenvalue weighted by molar-refractivity contribution is 0.0953. The van der Waals surface area contributed by atoms with Crippen LogP contribution in [0.1, 0.15) is 28.2 Å². The summed E-state index contributed by atoms with van der Waals surface area (Å²) in [5, 5.41) is 9.44. The molecule has 28 heavy (non-hydrogen) atoms. The SMILES string of the molecule is O=C(NCCCc1nnc(S(=O)(=O)Cc2ccccc2F)o1)c1ccncc1. The third kappa shape index (κ3) is 4.97. The van der Waals surface area contributed by atoms with E-state index in [4.69, 9.17) is 4.42 Å². The van der Waals surface area contributed by atoms with Gasteiger partial charge in [-0.1, -0.05) is 23.3 Å². The van der Waals surface area contributed by atoms with Crippen molar-refractivity contribution in [2.24, 2.45) is 0 Å². The number of aromatic nitrogens is 3. The van der Waals surface area contributed by atoms with E-state index in [1.54, 1.807) is 18.2 Å². The topological polar surface area (TPSA) is 115 Å². The largest absolute Gasteiger partial charge is 0.413 e. The molecule has 2 aromatic heterocycles. The molecule has 0 atom stereocenters. The van der Waals surface area contributed by atoms with Gasteiger partial charge in [-0.25, -0.2) is 12.8 Å². The van der Waals surface area contributed by atoms with Gasteiger partial charge >= 0.3 is 5.22 Å². The summed E-state index contributed by atoms with van der Waals surface area (Å²) < 4.78 is 43.5. The molecule has 2 heterocycles. The van der Waals surface area contributed by atoms with Crippen LogP contribution >= 0.6 is 0 Å². The molecule has 10 heteroatoms. The molecule has 1 amide bonds. The smallest absolute Gasteiger partial charge is 0.335 e. The number of carbonyl (C=O) groups excluding carboxylic acids is 1. The van der Waals surface area contributed by atoms with Crippen LogP contribution in [-0.2, 0) is 22.0 Å². The van der Waals surface area contributed by atoms with Gasteiger partial charge in [0, 0.05) is 36.5 Å². The fourth-order valence-corrected chi connectivity index (χ4v) is 3.55. The van der Waals surface area contributed by atoms with Crippen molar-refractivity contribution in [3.63, 3.8) is 0 Å². The number of carbonyl (C=O) groups is 1. The fraction of sp³-hybridized carbons (Fsp3) is 0.222. The van der Waals surface area contributed by atoms with Crippen molar-refractivity contribution in [1.29, 1.82) is 0 Å². The lowest BCUT2D eigenvalue weighted by Gasteiger charge is -2.03. The standard InChI is InChI=1S/C18H17FN4O4S/c19-15-5-2-1-4-14(15)12-28(25,26)18-23-22-16(27-18)6-3-9-21-17(24)13-7-10-20-11-8-13/h1-2,4-5,7-8,10-11H,3,6,9,12H2,(H,21,24). The van der Waals surface area contributed by atoms with Crippen molar-refractivity contribution in [2.45, 2.75) is 23.8 Å². The number of nitrogens with zero attached hydrogens (tertiary/aromatic N) is 3. The highest BCUT2D eigenvalue weighted by Gasteiger charge is 2.24. The molecule has 0 saturated carbocycles. The third-order valence-electron chi connectivity index (χ3n) is 3.81. The number of nitrogens with one attached hydrogen (secondary N) is 1. The summed E-state index contributed by atoms with van der Waals surface area (Å²) in [5.41, 5.74) is 0.524. The molecule has 146 valence electrons. The van der Waals surface area contributed by atoms with Gasteiger partial charge in [0.05, 0.1) is 5.75 Å². The number of benzene rings is 1. The number of hydrogen-bond acceptors (Lipinski definition) is 7. The normalized spacial score (nSPS) is 11.3. The first-order valence-corrected chi connectivity index (χ1v) is 10.1. The van der Waals surface area contributed by atoms with E-state index in [0.29, 0.717) is 24.9 Å². The van der Waals surface area contributed by atoms with E-state index >= 15 is 0 Å². The molecule has 1 N–H and O–H groups in total. The summed E-state index contributed by atoms with van der Waals surface area (Å²) in [5.74, 6) is -1.29. The van der Waals surface area contributed by atoms with Crippen LogP contribution in [-0.4, -0.2) is 36.1 Å². The Balaban J connectivity index is 1.52. The maximum Gasteiger partial charge on any atom is 0.335 e. The first-order chi connectivity index (χ1) is 13.5. The highest BCUT2D eigenvalue weighted by Crippen LogP contribution is 2.17. The van der Waals surface area contributed by atoms with Gasteiger partial charge in [0.15, 0.2) is 0 Å². The van der Waals surface area contributed by atoms with Gasteiger partial charge < -0.3 is 9.73 Å². The number of amides is 1. The summed E-state index contributed by atoms with van der Waals surface area (Å²) in [7, 11) is -3.95. The maximum atomic E-state index is 13.7. The van der Waals surface area contributed by atoms with Gasteiger partial charge in [0.1, 0.15) is 5.82 Å². The van der Waals surface area contributed by atoms with Crippen molar-refractivity contribution >= 4 is 15.7 Å². The number of sulfone groups is 1. The Hall–Kier alpha value is -3.14. The van der Waals surface area contributed by atoms with Crippen LogP contribution < -0.4 is 5.32 Å². The van der Waals surface area contributed by atoms with Gasteiger partial charge in [-0.05, 0) is 24.6 Å². The van der Waals surface area contributed by atoms with Crippen LogP contribution in [0.4, 0.5) is 4.39 Å². The Morgan fingerprint density at radius 1 is 1.11 bits per heavy atom. The molecule has 0 aliphatic rings. The first-order valence-electron chi connectivity index (χ1n) is 8.42. The lowest BCUT2D eigenvalue weighted by atomic mass is 10.2. The molecule has 0 radical (unpaired) electrons. The maximum absolute atomic E-state index is 13.7. The van der Waals surface area contributed by atoms with E-state index in [1.165, 1.54) is 30.6 Å². The lowest BCUT2D eigenvalue weighted by Crippen LogP contribution is -2.24. The molecular weight excluding hydrogens is 387 g/mol. The van der Waals surface area contributed by atoms with Crippen molar-refractivity contribution in [1.82, 2.24) is 20.5 Å². The van der Waals surface area contributed by atoms with E-state index in [1.807, 2.05) is 0 Å². The second-order valence-electron chi connectivity index (χ2n) is 5.91. The average molecular weight is 404 g/mol. The van der Waals surface area contributed by atoms with Crippen molar-refractivity contribution in [2.75, 3.05) is 6.54 Å². The van der Waals surface area contributed by atoms with Gasteiger partial charge in [-0.15, -0.1) is 5.10 Å². The molecule has 0 bridgehead atoms. The molecule has 0 saturated heterocycles. The van der Waals surface area contributed by atoms with Crippen molar-refractivity contribution < 1.29 is 22.0 Å². The first kappa shape index (κ1) is 19.6. The second kappa shape index (κ2) is 8.70. The van der Waals surface area contributed by atoms with Crippen LogP contribution in [0.15, 0.2) is 58.4 Å². The minimum atomic E-state index is -3.95. The third-order valence-corrected chi connectivity index (χ3v) is 5.20. The zero-order valence-electron chi connectivity index (χ0n) is 14.7. The Morgan fingerprint density at radius 2 is 1.86 bits per heavy atom.